The number of hydrogen-bond donors (Lipinski definition) is 0. The lowest BCUT2D eigenvalue weighted by Crippen LogP contribution is -2.51. The van der Waals surface area contributed by atoms with Gasteiger partial charge in [0.25, 0.3) is 0 Å². The van der Waals surface area contributed by atoms with Crippen molar-refractivity contribution in [3.05, 3.63) is 0 Å². The van der Waals surface area contributed by atoms with E-state index in [2.05, 4.69) is 4.90 Å². The van der Waals surface area contributed by atoms with Gasteiger partial charge in [-0.05, 0) is 18.8 Å². The summed E-state index contributed by atoms with van der Waals surface area (Å²) in [5.74, 6) is 1.25. The van der Waals surface area contributed by atoms with Crippen molar-refractivity contribution in [2.75, 3.05) is 52.5 Å². The van der Waals surface area contributed by atoms with E-state index in [0.29, 0.717) is 12.5 Å². The normalized spacial score (nSPS) is 27.8. The summed E-state index contributed by atoms with van der Waals surface area (Å²) in [4.78, 5) is 16.7. The van der Waals surface area contributed by atoms with Crippen LogP contribution in [0.3, 0.4) is 0 Å². The zero-order valence-corrected chi connectivity index (χ0v) is 13.0. The summed E-state index contributed by atoms with van der Waals surface area (Å²) < 4.78 is 11.2. The fourth-order valence-corrected chi connectivity index (χ4v) is 3.23. The first-order valence-electron chi connectivity index (χ1n) is 8.51. The predicted molar refractivity (Wildman–Crippen MR) is 80.2 cm³/mol. The Kier molecular flexibility index (Phi) is 5.49. The molecule has 5 nitrogen and oxygen atoms in total. The quantitative estimate of drug-likeness (QED) is 0.737. The van der Waals surface area contributed by atoms with Crippen molar-refractivity contribution in [3.63, 3.8) is 0 Å². The van der Waals surface area contributed by atoms with Crippen LogP contribution < -0.4 is 0 Å². The second kappa shape index (κ2) is 7.56. The van der Waals surface area contributed by atoms with Crippen molar-refractivity contribution >= 4 is 5.91 Å². The molecule has 1 atom stereocenters. The van der Waals surface area contributed by atoms with E-state index in [9.17, 15) is 4.79 Å². The first-order valence-corrected chi connectivity index (χ1v) is 8.51. The molecule has 1 amide bonds. The third-order valence-corrected chi connectivity index (χ3v) is 4.76. The van der Waals surface area contributed by atoms with Crippen LogP contribution in [0, 0.1) is 5.92 Å². The molecule has 120 valence electrons. The monoisotopic (exact) mass is 296 g/mol. The highest BCUT2D eigenvalue weighted by Crippen LogP contribution is 2.33. The zero-order valence-electron chi connectivity index (χ0n) is 13.0. The SMILES string of the molecule is O=C(CCCC1CC1)N1CCOC(CN2CCOCC2)C1. The van der Waals surface area contributed by atoms with Crippen LogP contribution >= 0.6 is 0 Å². The summed E-state index contributed by atoms with van der Waals surface area (Å²) in [5.41, 5.74) is 0. The maximum atomic E-state index is 12.3. The maximum absolute atomic E-state index is 12.3. The highest BCUT2D eigenvalue weighted by Gasteiger charge is 2.27. The third-order valence-electron chi connectivity index (χ3n) is 4.76. The molecule has 0 radical (unpaired) electrons. The Balaban J connectivity index is 1.37. The number of amides is 1. The lowest BCUT2D eigenvalue weighted by Gasteiger charge is -2.36. The van der Waals surface area contributed by atoms with Gasteiger partial charge < -0.3 is 14.4 Å². The molecule has 0 aromatic heterocycles. The fraction of sp³-hybridized carbons (Fsp3) is 0.938. The minimum absolute atomic E-state index is 0.171. The molecule has 0 spiro atoms. The van der Waals surface area contributed by atoms with E-state index in [-0.39, 0.29) is 6.10 Å². The summed E-state index contributed by atoms with van der Waals surface area (Å²) in [5, 5.41) is 0. The molecular formula is C16H28N2O3. The molecule has 0 aromatic carbocycles. The van der Waals surface area contributed by atoms with Gasteiger partial charge in [0.05, 0.1) is 25.9 Å². The molecule has 2 aliphatic heterocycles. The predicted octanol–water partition coefficient (Wildman–Crippen LogP) is 1.13. The van der Waals surface area contributed by atoms with E-state index in [0.717, 1.165) is 64.7 Å². The molecule has 2 saturated heterocycles. The Bertz CT molecular complexity index is 340. The van der Waals surface area contributed by atoms with E-state index >= 15 is 0 Å². The van der Waals surface area contributed by atoms with Gasteiger partial charge in [0, 0.05) is 39.1 Å². The van der Waals surface area contributed by atoms with Gasteiger partial charge in [0.15, 0.2) is 0 Å². The third kappa shape index (κ3) is 4.94. The van der Waals surface area contributed by atoms with Gasteiger partial charge in [-0.3, -0.25) is 9.69 Å². The van der Waals surface area contributed by atoms with Crippen LogP contribution in [0.5, 0.6) is 0 Å². The van der Waals surface area contributed by atoms with Crippen molar-refractivity contribution in [1.29, 1.82) is 0 Å². The average Bonchev–Trinajstić information content (AvgIpc) is 3.33. The van der Waals surface area contributed by atoms with Gasteiger partial charge in [-0.2, -0.15) is 0 Å². The smallest absolute Gasteiger partial charge is 0.222 e. The molecule has 0 N–H and O–H groups in total. The summed E-state index contributed by atoms with van der Waals surface area (Å²) in [6.45, 7) is 6.73. The van der Waals surface area contributed by atoms with Crippen LogP contribution in [0.4, 0.5) is 0 Å². The van der Waals surface area contributed by atoms with E-state index in [4.69, 9.17) is 9.47 Å². The molecule has 3 aliphatic rings. The average molecular weight is 296 g/mol. The first kappa shape index (κ1) is 15.3. The fourth-order valence-electron chi connectivity index (χ4n) is 3.23. The van der Waals surface area contributed by atoms with Crippen molar-refractivity contribution in [2.45, 2.75) is 38.2 Å². The largest absolute Gasteiger partial charge is 0.379 e. The van der Waals surface area contributed by atoms with Gasteiger partial charge in [-0.15, -0.1) is 0 Å². The van der Waals surface area contributed by atoms with Crippen LogP contribution in [-0.4, -0.2) is 74.4 Å². The van der Waals surface area contributed by atoms with Crippen molar-refractivity contribution in [2.24, 2.45) is 5.92 Å². The number of hydrogen-bond acceptors (Lipinski definition) is 4. The molecule has 3 rings (SSSR count). The summed E-state index contributed by atoms with van der Waals surface area (Å²) in [7, 11) is 0. The van der Waals surface area contributed by atoms with Crippen molar-refractivity contribution in [3.8, 4) is 0 Å². The zero-order chi connectivity index (χ0) is 14.5. The number of morpholine rings is 2. The maximum Gasteiger partial charge on any atom is 0.222 e. The van der Waals surface area contributed by atoms with Crippen LogP contribution in [0.2, 0.25) is 0 Å². The molecular weight excluding hydrogens is 268 g/mol. The number of nitrogens with zero attached hydrogens (tertiary/aromatic N) is 2. The highest BCUT2D eigenvalue weighted by atomic mass is 16.5. The minimum atomic E-state index is 0.171. The Hall–Kier alpha value is -0.650. The van der Waals surface area contributed by atoms with Gasteiger partial charge in [-0.1, -0.05) is 12.8 Å². The minimum Gasteiger partial charge on any atom is -0.379 e. The Morgan fingerprint density at radius 3 is 2.67 bits per heavy atom. The molecule has 0 bridgehead atoms. The lowest BCUT2D eigenvalue weighted by atomic mass is 10.1. The molecule has 21 heavy (non-hydrogen) atoms. The van der Waals surface area contributed by atoms with Gasteiger partial charge in [0.1, 0.15) is 0 Å². The standard InChI is InChI=1S/C16H28N2O3/c19-16(3-1-2-14-4-5-14)18-8-11-21-15(13-18)12-17-6-9-20-10-7-17/h14-15H,1-13H2. The molecule has 1 saturated carbocycles. The van der Waals surface area contributed by atoms with E-state index in [1.807, 2.05) is 4.90 Å². The number of rotatable bonds is 6. The highest BCUT2D eigenvalue weighted by molar-refractivity contribution is 5.76. The van der Waals surface area contributed by atoms with Crippen LogP contribution in [0.25, 0.3) is 0 Å². The second-order valence-corrected chi connectivity index (χ2v) is 6.58. The van der Waals surface area contributed by atoms with Crippen LogP contribution in [0.1, 0.15) is 32.1 Å². The number of carbonyl (C=O) groups is 1. The summed E-state index contributed by atoms with van der Waals surface area (Å²) in [6.07, 6.45) is 5.97. The molecule has 3 fully saturated rings. The molecule has 2 heterocycles. The van der Waals surface area contributed by atoms with Crippen molar-refractivity contribution in [1.82, 2.24) is 9.80 Å². The Morgan fingerprint density at radius 1 is 1.10 bits per heavy atom. The van der Waals surface area contributed by atoms with Crippen LogP contribution in [0.15, 0.2) is 0 Å². The van der Waals surface area contributed by atoms with Crippen molar-refractivity contribution < 1.29 is 14.3 Å². The van der Waals surface area contributed by atoms with Gasteiger partial charge in [0.2, 0.25) is 5.91 Å². The Labute approximate surface area is 127 Å². The lowest BCUT2D eigenvalue weighted by molar-refractivity contribution is -0.140. The summed E-state index contributed by atoms with van der Waals surface area (Å²) in [6, 6.07) is 0. The first-order chi connectivity index (χ1) is 10.3. The molecule has 5 heteroatoms. The molecule has 1 unspecified atom stereocenters. The van der Waals surface area contributed by atoms with E-state index in [1.165, 1.54) is 19.3 Å². The molecule has 0 aromatic rings. The van der Waals surface area contributed by atoms with E-state index < -0.39 is 0 Å². The number of carbonyl (C=O) groups excluding carboxylic acids is 1. The summed E-state index contributed by atoms with van der Waals surface area (Å²) >= 11 is 0. The van der Waals surface area contributed by atoms with Gasteiger partial charge in [-0.25, -0.2) is 0 Å². The van der Waals surface area contributed by atoms with E-state index in [1.54, 1.807) is 0 Å². The Morgan fingerprint density at radius 2 is 1.90 bits per heavy atom. The van der Waals surface area contributed by atoms with Crippen LogP contribution in [-0.2, 0) is 14.3 Å². The number of ether oxygens (including phenoxy) is 2. The van der Waals surface area contributed by atoms with Gasteiger partial charge >= 0.3 is 0 Å². The molecule has 1 aliphatic carbocycles. The topological polar surface area (TPSA) is 42.0 Å². The second-order valence-electron chi connectivity index (χ2n) is 6.58.